The molecule has 3 aromatic rings. The Hall–Kier alpha value is -3.01. The van der Waals surface area contributed by atoms with Crippen LogP contribution in [-0.4, -0.2) is 45.2 Å². The van der Waals surface area contributed by atoms with Crippen LogP contribution in [0.25, 0.3) is 10.9 Å². The molecule has 1 fully saturated rings. The lowest BCUT2D eigenvalue weighted by atomic mass is 10.2. The molecule has 1 aromatic carbocycles. The number of carbonyl (C=O) groups is 1. The summed E-state index contributed by atoms with van der Waals surface area (Å²) in [4.78, 5) is 29.3. The van der Waals surface area contributed by atoms with Gasteiger partial charge in [-0.05, 0) is 32.4 Å². The summed E-state index contributed by atoms with van der Waals surface area (Å²) in [5, 5.41) is 7.83. The van der Waals surface area contributed by atoms with Gasteiger partial charge in [0.1, 0.15) is 0 Å². The SMILES string of the molecule is Cc1nn(C2CCS(=O)(=O)C2)c(C)c1NC(=O)CCn1cnc2ccccc2c1=O. The number of amides is 1. The summed E-state index contributed by atoms with van der Waals surface area (Å²) in [6.07, 6.45) is 2.07. The predicted molar refractivity (Wildman–Crippen MR) is 113 cm³/mol. The van der Waals surface area contributed by atoms with Crippen LogP contribution in [0.5, 0.6) is 0 Å². The third-order valence-electron chi connectivity index (χ3n) is 5.45. The van der Waals surface area contributed by atoms with Gasteiger partial charge in [0.05, 0.1) is 51.9 Å². The van der Waals surface area contributed by atoms with Gasteiger partial charge in [0.25, 0.3) is 5.56 Å². The summed E-state index contributed by atoms with van der Waals surface area (Å²) in [7, 11) is -3.03. The molecular formula is C20H23N5O4S. The second-order valence-electron chi connectivity index (χ2n) is 7.61. The largest absolute Gasteiger partial charge is 0.323 e. The Bertz CT molecular complexity index is 1290. The van der Waals surface area contributed by atoms with Gasteiger partial charge >= 0.3 is 0 Å². The molecular weight excluding hydrogens is 406 g/mol. The Morgan fingerprint density at radius 1 is 1.27 bits per heavy atom. The first-order valence-corrected chi connectivity index (χ1v) is 11.6. The van der Waals surface area contributed by atoms with Gasteiger partial charge in [-0.15, -0.1) is 0 Å². The highest BCUT2D eigenvalue weighted by molar-refractivity contribution is 7.91. The summed E-state index contributed by atoms with van der Waals surface area (Å²) in [6, 6.07) is 6.87. The van der Waals surface area contributed by atoms with E-state index in [1.807, 2.05) is 13.0 Å². The van der Waals surface area contributed by atoms with Crippen molar-refractivity contribution in [3.8, 4) is 0 Å². The minimum Gasteiger partial charge on any atom is -0.323 e. The van der Waals surface area contributed by atoms with Crippen LogP contribution in [0.2, 0.25) is 0 Å². The van der Waals surface area contributed by atoms with E-state index >= 15 is 0 Å². The van der Waals surface area contributed by atoms with E-state index in [0.29, 0.717) is 28.7 Å². The van der Waals surface area contributed by atoms with Crippen molar-refractivity contribution in [3.05, 3.63) is 52.3 Å². The number of para-hydroxylation sites is 1. The molecule has 2 aromatic heterocycles. The molecule has 158 valence electrons. The molecule has 3 heterocycles. The maximum atomic E-state index is 12.5. The molecule has 0 radical (unpaired) electrons. The number of aromatic nitrogens is 4. The minimum absolute atomic E-state index is 0.0697. The van der Waals surface area contributed by atoms with Crippen LogP contribution in [0.1, 0.15) is 30.3 Å². The predicted octanol–water partition coefficient (Wildman–Crippen LogP) is 1.60. The van der Waals surface area contributed by atoms with E-state index in [4.69, 9.17) is 0 Å². The van der Waals surface area contributed by atoms with Crippen molar-refractivity contribution in [1.82, 2.24) is 19.3 Å². The average molecular weight is 430 g/mol. The van der Waals surface area contributed by atoms with Crippen molar-refractivity contribution >= 4 is 32.3 Å². The average Bonchev–Trinajstić information content (AvgIpc) is 3.21. The lowest BCUT2D eigenvalue weighted by Gasteiger charge is -2.12. The molecule has 1 saturated heterocycles. The first kappa shape index (κ1) is 20.3. The highest BCUT2D eigenvalue weighted by Gasteiger charge is 2.31. The van der Waals surface area contributed by atoms with Gasteiger partial charge in [0.15, 0.2) is 9.84 Å². The van der Waals surface area contributed by atoms with E-state index < -0.39 is 9.84 Å². The van der Waals surface area contributed by atoms with Gasteiger partial charge in [-0.25, -0.2) is 13.4 Å². The molecule has 0 saturated carbocycles. The second kappa shape index (κ2) is 7.67. The molecule has 9 nitrogen and oxygen atoms in total. The zero-order valence-corrected chi connectivity index (χ0v) is 17.6. The number of benzene rings is 1. The summed E-state index contributed by atoms with van der Waals surface area (Å²) in [6.45, 7) is 3.80. The summed E-state index contributed by atoms with van der Waals surface area (Å²) < 4.78 is 26.7. The molecule has 1 amide bonds. The fourth-order valence-electron chi connectivity index (χ4n) is 3.86. The van der Waals surface area contributed by atoms with Crippen molar-refractivity contribution in [2.75, 3.05) is 16.8 Å². The van der Waals surface area contributed by atoms with E-state index in [9.17, 15) is 18.0 Å². The lowest BCUT2D eigenvalue weighted by Crippen LogP contribution is -2.24. The Kier molecular flexibility index (Phi) is 5.19. The van der Waals surface area contributed by atoms with Gasteiger partial charge in [0.2, 0.25) is 5.91 Å². The zero-order chi connectivity index (χ0) is 21.5. The normalized spacial score (nSPS) is 18.0. The van der Waals surface area contributed by atoms with Crippen molar-refractivity contribution in [2.45, 2.75) is 39.3 Å². The number of sulfone groups is 1. The van der Waals surface area contributed by atoms with Crippen LogP contribution in [-0.2, 0) is 21.2 Å². The van der Waals surface area contributed by atoms with Gasteiger partial charge < -0.3 is 5.32 Å². The third kappa shape index (κ3) is 3.87. The molecule has 1 aliphatic rings. The Labute approximate surface area is 173 Å². The topological polar surface area (TPSA) is 116 Å². The van der Waals surface area contributed by atoms with Crippen LogP contribution in [0.3, 0.4) is 0 Å². The maximum Gasteiger partial charge on any atom is 0.261 e. The third-order valence-corrected chi connectivity index (χ3v) is 7.21. The van der Waals surface area contributed by atoms with Crippen LogP contribution >= 0.6 is 0 Å². The zero-order valence-electron chi connectivity index (χ0n) is 16.8. The number of hydrogen-bond donors (Lipinski definition) is 1. The summed E-state index contributed by atoms with van der Waals surface area (Å²) in [5.74, 6) is -0.0215. The smallest absolute Gasteiger partial charge is 0.261 e. The molecule has 0 aliphatic carbocycles. The molecule has 1 unspecified atom stereocenters. The van der Waals surface area contributed by atoms with Crippen molar-refractivity contribution in [1.29, 1.82) is 0 Å². The van der Waals surface area contributed by atoms with Gasteiger partial charge in [-0.3, -0.25) is 18.8 Å². The van der Waals surface area contributed by atoms with E-state index in [2.05, 4.69) is 15.4 Å². The highest BCUT2D eigenvalue weighted by atomic mass is 32.2. The van der Waals surface area contributed by atoms with Gasteiger partial charge in [-0.1, -0.05) is 12.1 Å². The molecule has 1 aliphatic heterocycles. The second-order valence-corrected chi connectivity index (χ2v) is 9.83. The molecule has 10 heteroatoms. The summed E-state index contributed by atoms with van der Waals surface area (Å²) >= 11 is 0. The molecule has 1 N–H and O–H groups in total. The number of carbonyl (C=O) groups excluding carboxylic acids is 1. The molecule has 0 spiro atoms. The van der Waals surface area contributed by atoms with E-state index in [1.54, 1.807) is 29.8 Å². The van der Waals surface area contributed by atoms with E-state index in [-0.39, 0.29) is 42.0 Å². The number of anilines is 1. The minimum atomic E-state index is -3.03. The fraction of sp³-hybridized carbons (Fsp3) is 0.400. The van der Waals surface area contributed by atoms with Crippen LogP contribution in [0, 0.1) is 13.8 Å². The number of rotatable bonds is 5. The number of hydrogen-bond acceptors (Lipinski definition) is 6. The highest BCUT2D eigenvalue weighted by Crippen LogP contribution is 2.29. The van der Waals surface area contributed by atoms with Crippen LogP contribution < -0.4 is 10.9 Å². The Morgan fingerprint density at radius 3 is 2.77 bits per heavy atom. The van der Waals surface area contributed by atoms with Crippen LogP contribution in [0.4, 0.5) is 5.69 Å². The number of aryl methyl sites for hydroxylation is 2. The molecule has 1 atom stereocenters. The first-order chi connectivity index (χ1) is 14.2. The molecule has 0 bridgehead atoms. The maximum absolute atomic E-state index is 12.5. The van der Waals surface area contributed by atoms with E-state index in [0.717, 1.165) is 5.69 Å². The fourth-order valence-corrected chi connectivity index (χ4v) is 5.55. The van der Waals surface area contributed by atoms with Crippen molar-refractivity contribution < 1.29 is 13.2 Å². The Morgan fingerprint density at radius 2 is 2.03 bits per heavy atom. The molecule has 4 rings (SSSR count). The van der Waals surface area contributed by atoms with E-state index in [1.165, 1.54) is 10.9 Å². The summed E-state index contributed by atoms with van der Waals surface area (Å²) in [5.41, 5.74) is 2.39. The molecule has 30 heavy (non-hydrogen) atoms. The quantitative estimate of drug-likeness (QED) is 0.659. The van der Waals surface area contributed by atoms with Crippen molar-refractivity contribution in [3.63, 3.8) is 0 Å². The number of nitrogens with zero attached hydrogens (tertiary/aromatic N) is 4. The Balaban J connectivity index is 1.46. The van der Waals surface area contributed by atoms with Gasteiger partial charge in [0, 0.05) is 13.0 Å². The number of fused-ring (bicyclic) bond motifs is 1. The lowest BCUT2D eigenvalue weighted by molar-refractivity contribution is -0.116. The number of nitrogens with one attached hydrogen (secondary N) is 1. The van der Waals surface area contributed by atoms with Gasteiger partial charge in [-0.2, -0.15) is 5.10 Å². The van der Waals surface area contributed by atoms with Crippen LogP contribution in [0.15, 0.2) is 35.4 Å². The first-order valence-electron chi connectivity index (χ1n) is 9.75. The standard InChI is InChI=1S/C20H23N5O4S/c1-13-19(14(2)25(23-13)15-8-10-30(28,29)11-15)22-18(26)7-9-24-12-21-17-6-4-3-5-16(17)20(24)27/h3-6,12,15H,7-11H2,1-2H3,(H,22,26). The van der Waals surface area contributed by atoms with Crippen molar-refractivity contribution in [2.24, 2.45) is 0 Å². The monoisotopic (exact) mass is 429 g/mol.